The van der Waals surface area contributed by atoms with Gasteiger partial charge in [-0.2, -0.15) is 13.2 Å². The highest BCUT2D eigenvalue weighted by molar-refractivity contribution is 5.83. The number of carbonyl (C=O) groups excluding carboxylic acids is 2. The first-order chi connectivity index (χ1) is 11.2. The summed E-state index contributed by atoms with van der Waals surface area (Å²) in [5.41, 5.74) is 1.72. The quantitative estimate of drug-likeness (QED) is 0.900. The Balaban J connectivity index is 1.76. The molecule has 2 heterocycles. The lowest BCUT2D eigenvalue weighted by Crippen LogP contribution is -2.47. The number of nitrogens with one attached hydrogen (secondary N) is 1. The third kappa shape index (κ3) is 4.27. The molecule has 1 fully saturated rings. The molecule has 0 bridgehead atoms. The van der Waals surface area contributed by atoms with Crippen molar-refractivity contribution in [3.05, 3.63) is 17.0 Å². The molecule has 1 aromatic heterocycles. The zero-order valence-electron chi connectivity index (χ0n) is 13.6. The molecule has 9 heteroatoms. The van der Waals surface area contributed by atoms with Gasteiger partial charge < -0.3 is 14.7 Å². The van der Waals surface area contributed by atoms with Crippen molar-refractivity contribution >= 4 is 11.8 Å². The van der Waals surface area contributed by atoms with Crippen LogP contribution in [0.25, 0.3) is 0 Å². The van der Waals surface area contributed by atoms with Gasteiger partial charge in [-0.3, -0.25) is 9.59 Å². The molecule has 6 nitrogen and oxygen atoms in total. The van der Waals surface area contributed by atoms with Gasteiger partial charge in [-0.15, -0.1) is 0 Å². The lowest BCUT2D eigenvalue weighted by atomic mass is 9.95. The molecule has 0 atom stereocenters. The van der Waals surface area contributed by atoms with Gasteiger partial charge in [0, 0.05) is 31.1 Å². The minimum Gasteiger partial charge on any atom is -0.361 e. The number of likely N-dealkylation sites (tertiary alicyclic amines) is 1. The van der Waals surface area contributed by atoms with Crippen LogP contribution in [0.5, 0.6) is 0 Å². The zero-order valence-corrected chi connectivity index (χ0v) is 13.6. The van der Waals surface area contributed by atoms with E-state index in [-0.39, 0.29) is 37.8 Å². The Morgan fingerprint density at radius 3 is 2.42 bits per heavy atom. The summed E-state index contributed by atoms with van der Waals surface area (Å²) in [5.74, 6) is -1.69. The molecule has 0 unspecified atom stereocenters. The first-order valence-electron chi connectivity index (χ1n) is 7.75. The highest BCUT2D eigenvalue weighted by atomic mass is 19.4. The molecule has 0 radical (unpaired) electrons. The standard InChI is InChI=1S/C15H20F3N3O3/c1-9-12(10(2)24-20-9)3-6-19-13(22)11-4-7-21(8-5-11)14(23)15(16,17)18/h11H,3-8H2,1-2H3,(H,19,22). The Bertz CT molecular complexity index is 585. The molecule has 1 aliphatic rings. The SMILES string of the molecule is Cc1noc(C)c1CCNC(=O)C1CCN(C(=O)C(F)(F)F)CC1. The number of rotatable bonds is 4. The van der Waals surface area contributed by atoms with Gasteiger partial charge in [0.15, 0.2) is 0 Å². The number of aromatic nitrogens is 1. The van der Waals surface area contributed by atoms with Crippen molar-refractivity contribution in [2.75, 3.05) is 19.6 Å². The lowest BCUT2D eigenvalue weighted by molar-refractivity contribution is -0.186. The molecule has 2 amide bonds. The van der Waals surface area contributed by atoms with E-state index in [1.54, 1.807) is 6.92 Å². The van der Waals surface area contributed by atoms with Gasteiger partial charge in [0.2, 0.25) is 5.91 Å². The number of amides is 2. The molecule has 1 aliphatic heterocycles. The van der Waals surface area contributed by atoms with Gasteiger partial charge >= 0.3 is 12.1 Å². The maximum Gasteiger partial charge on any atom is 0.471 e. The molecule has 1 N–H and O–H groups in total. The van der Waals surface area contributed by atoms with E-state index in [4.69, 9.17) is 4.52 Å². The first kappa shape index (κ1) is 18.3. The number of aryl methyl sites for hydroxylation is 2. The van der Waals surface area contributed by atoms with Crippen LogP contribution in [0.15, 0.2) is 4.52 Å². The highest BCUT2D eigenvalue weighted by Gasteiger charge is 2.43. The van der Waals surface area contributed by atoms with Gasteiger partial charge in [-0.25, -0.2) is 0 Å². The molecule has 24 heavy (non-hydrogen) atoms. The maximum absolute atomic E-state index is 12.4. The molecule has 0 aliphatic carbocycles. The van der Waals surface area contributed by atoms with E-state index < -0.39 is 12.1 Å². The minimum absolute atomic E-state index is 0.0553. The lowest BCUT2D eigenvalue weighted by Gasteiger charge is -2.31. The number of alkyl halides is 3. The average molecular weight is 347 g/mol. The Labute approximate surface area is 137 Å². The fourth-order valence-corrected chi connectivity index (χ4v) is 2.84. The van der Waals surface area contributed by atoms with Crippen LogP contribution < -0.4 is 5.32 Å². The fourth-order valence-electron chi connectivity index (χ4n) is 2.84. The molecular weight excluding hydrogens is 327 g/mol. The second kappa shape index (κ2) is 7.23. The van der Waals surface area contributed by atoms with Crippen molar-refractivity contribution in [1.82, 2.24) is 15.4 Å². The average Bonchev–Trinajstić information content (AvgIpc) is 2.85. The van der Waals surface area contributed by atoms with Crippen molar-refractivity contribution in [3.8, 4) is 0 Å². The van der Waals surface area contributed by atoms with E-state index in [9.17, 15) is 22.8 Å². The van der Waals surface area contributed by atoms with Crippen LogP contribution >= 0.6 is 0 Å². The van der Waals surface area contributed by atoms with Crippen LogP contribution in [0.2, 0.25) is 0 Å². The van der Waals surface area contributed by atoms with Crippen molar-refractivity contribution < 1.29 is 27.3 Å². The predicted molar refractivity (Wildman–Crippen MR) is 78.0 cm³/mol. The van der Waals surface area contributed by atoms with Crippen LogP contribution in [-0.4, -0.2) is 47.7 Å². The van der Waals surface area contributed by atoms with E-state index in [0.717, 1.165) is 16.2 Å². The molecular formula is C15H20F3N3O3. The van der Waals surface area contributed by atoms with E-state index in [0.29, 0.717) is 18.7 Å². The fraction of sp³-hybridized carbons (Fsp3) is 0.667. The Kier molecular flexibility index (Phi) is 5.51. The summed E-state index contributed by atoms with van der Waals surface area (Å²) in [6.07, 6.45) is -3.81. The topological polar surface area (TPSA) is 75.4 Å². The summed E-state index contributed by atoms with van der Waals surface area (Å²) < 4.78 is 42.2. The third-order valence-corrected chi connectivity index (χ3v) is 4.25. The first-order valence-corrected chi connectivity index (χ1v) is 7.75. The van der Waals surface area contributed by atoms with Crippen LogP contribution in [0, 0.1) is 19.8 Å². The third-order valence-electron chi connectivity index (χ3n) is 4.25. The van der Waals surface area contributed by atoms with E-state index in [1.807, 2.05) is 6.92 Å². The number of carbonyl (C=O) groups is 2. The van der Waals surface area contributed by atoms with Gasteiger partial charge in [0.25, 0.3) is 0 Å². The van der Waals surface area contributed by atoms with E-state index in [2.05, 4.69) is 10.5 Å². The van der Waals surface area contributed by atoms with Crippen molar-refractivity contribution in [2.24, 2.45) is 5.92 Å². The van der Waals surface area contributed by atoms with Gasteiger partial charge in [0.1, 0.15) is 5.76 Å². The Morgan fingerprint density at radius 1 is 1.29 bits per heavy atom. The zero-order chi connectivity index (χ0) is 17.9. The van der Waals surface area contributed by atoms with Crippen molar-refractivity contribution in [3.63, 3.8) is 0 Å². The summed E-state index contributed by atoms with van der Waals surface area (Å²) in [5, 5.41) is 6.62. The number of hydrogen-bond acceptors (Lipinski definition) is 4. The van der Waals surface area contributed by atoms with Gasteiger partial charge in [-0.1, -0.05) is 5.16 Å². The molecule has 1 saturated heterocycles. The normalized spacial score (nSPS) is 16.3. The number of piperidine rings is 1. The van der Waals surface area contributed by atoms with Crippen molar-refractivity contribution in [1.29, 1.82) is 0 Å². The summed E-state index contributed by atoms with van der Waals surface area (Å²) in [4.78, 5) is 24.0. The smallest absolute Gasteiger partial charge is 0.361 e. The molecule has 1 aromatic rings. The minimum atomic E-state index is -4.86. The van der Waals surface area contributed by atoms with E-state index >= 15 is 0 Å². The summed E-state index contributed by atoms with van der Waals surface area (Å²) >= 11 is 0. The molecule has 0 aromatic carbocycles. The van der Waals surface area contributed by atoms with Crippen LogP contribution in [0.1, 0.15) is 29.9 Å². The molecule has 134 valence electrons. The highest BCUT2D eigenvalue weighted by Crippen LogP contribution is 2.24. The van der Waals surface area contributed by atoms with Crippen LogP contribution in [0.4, 0.5) is 13.2 Å². The number of hydrogen-bond donors (Lipinski definition) is 1. The summed E-state index contributed by atoms with van der Waals surface area (Å²) in [7, 11) is 0. The van der Waals surface area contributed by atoms with Gasteiger partial charge in [0.05, 0.1) is 5.69 Å². The maximum atomic E-state index is 12.4. The number of nitrogens with zero attached hydrogens (tertiary/aromatic N) is 2. The summed E-state index contributed by atoms with van der Waals surface area (Å²) in [6.45, 7) is 3.91. The van der Waals surface area contributed by atoms with Crippen LogP contribution in [0.3, 0.4) is 0 Å². The van der Waals surface area contributed by atoms with E-state index in [1.165, 1.54) is 0 Å². The molecule has 0 saturated carbocycles. The monoisotopic (exact) mass is 347 g/mol. The van der Waals surface area contributed by atoms with Crippen molar-refractivity contribution in [2.45, 2.75) is 39.3 Å². The van der Waals surface area contributed by atoms with Crippen LogP contribution in [-0.2, 0) is 16.0 Å². The molecule has 0 spiro atoms. The Hall–Kier alpha value is -2.06. The number of halogens is 3. The largest absolute Gasteiger partial charge is 0.471 e. The second-order valence-corrected chi connectivity index (χ2v) is 5.91. The second-order valence-electron chi connectivity index (χ2n) is 5.91. The van der Waals surface area contributed by atoms with Gasteiger partial charge in [-0.05, 0) is 33.1 Å². The Morgan fingerprint density at radius 2 is 1.92 bits per heavy atom. The summed E-state index contributed by atoms with van der Waals surface area (Å²) in [6, 6.07) is 0. The molecule has 2 rings (SSSR count). The predicted octanol–water partition coefficient (Wildman–Crippen LogP) is 1.75.